The molecule has 0 spiro atoms. The molecule has 0 radical (unpaired) electrons. The monoisotopic (exact) mass is 288 g/mol. The lowest BCUT2D eigenvalue weighted by molar-refractivity contribution is 1.07. The molecule has 1 aromatic heterocycles. The summed E-state index contributed by atoms with van der Waals surface area (Å²) in [5.74, 6) is 0.646. The van der Waals surface area contributed by atoms with Crippen LogP contribution in [0.1, 0.15) is 11.3 Å². The number of rotatable bonds is 3. The van der Waals surface area contributed by atoms with Crippen molar-refractivity contribution in [3.8, 4) is 6.07 Å². The Morgan fingerprint density at radius 2 is 2.12 bits per heavy atom. The van der Waals surface area contributed by atoms with Crippen LogP contribution < -0.4 is 5.32 Å². The SMILES string of the molecule is N#Cc1cc(NCc2ccccc2Br)ncn1. The maximum Gasteiger partial charge on any atom is 0.145 e. The Kier molecular flexibility index (Phi) is 3.68. The third-order valence-electron chi connectivity index (χ3n) is 2.20. The molecular formula is C12H9BrN4. The lowest BCUT2D eigenvalue weighted by Gasteiger charge is -2.06. The third kappa shape index (κ3) is 3.02. The Labute approximate surface area is 107 Å². The van der Waals surface area contributed by atoms with E-state index in [1.807, 2.05) is 30.3 Å². The van der Waals surface area contributed by atoms with Gasteiger partial charge in [0.2, 0.25) is 0 Å². The number of halogens is 1. The van der Waals surface area contributed by atoms with Gasteiger partial charge in [0.15, 0.2) is 0 Å². The van der Waals surface area contributed by atoms with E-state index in [-0.39, 0.29) is 0 Å². The molecule has 0 atom stereocenters. The van der Waals surface area contributed by atoms with E-state index in [2.05, 4.69) is 31.2 Å². The predicted molar refractivity (Wildman–Crippen MR) is 68.2 cm³/mol. The van der Waals surface area contributed by atoms with Gasteiger partial charge in [-0.3, -0.25) is 0 Å². The van der Waals surface area contributed by atoms with Crippen molar-refractivity contribution in [1.29, 1.82) is 5.26 Å². The van der Waals surface area contributed by atoms with E-state index in [0.29, 0.717) is 18.1 Å². The molecule has 2 aromatic rings. The van der Waals surface area contributed by atoms with E-state index < -0.39 is 0 Å². The average Bonchev–Trinajstić information content (AvgIpc) is 2.38. The number of nitrogens with one attached hydrogen (secondary N) is 1. The second-order valence-electron chi connectivity index (χ2n) is 3.35. The molecule has 4 nitrogen and oxygen atoms in total. The standard InChI is InChI=1S/C12H9BrN4/c13-11-4-2-1-3-9(11)7-15-12-5-10(6-14)16-8-17-12/h1-5,8H,7H2,(H,15,16,17). The number of anilines is 1. The van der Waals surface area contributed by atoms with E-state index in [4.69, 9.17) is 5.26 Å². The average molecular weight is 289 g/mol. The number of nitriles is 1. The molecule has 0 unspecified atom stereocenters. The second kappa shape index (κ2) is 5.41. The van der Waals surface area contributed by atoms with Gasteiger partial charge in [-0.2, -0.15) is 5.26 Å². The van der Waals surface area contributed by atoms with Crippen LogP contribution in [0.4, 0.5) is 5.82 Å². The molecule has 0 aliphatic heterocycles. The van der Waals surface area contributed by atoms with Crippen molar-refractivity contribution in [1.82, 2.24) is 9.97 Å². The number of hydrogen-bond acceptors (Lipinski definition) is 4. The molecule has 84 valence electrons. The highest BCUT2D eigenvalue weighted by atomic mass is 79.9. The van der Waals surface area contributed by atoms with Crippen LogP contribution in [0.3, 0.4) is 0 Å². The summed E-state index contributed by atoms with van der Waals surface area (Å²) in [6.07, 6.45) is 1.38. The van der Waals surface area contributed by atoms with Gasteiger partial charge in [0, 0.05) is 17.1 Å². The summed E-state index contributed by atoms with van der Waals surface area (Å²) >= 11 is 3.47. The molecule has 0 aliphatic rings. The van der Waals surface area contributed by atoms with Gasteiger partial charge >= 0.3 is 0 Å². The Morgan fingerprint density at radius 1 is 1.29 bits per heavy atom. The van der Waals surface area contributed by atoms with Crippen LogP contribution in [0.25, 0.3) is 0 Å². The minimum Gasteiger partial charge on any atom is -0.366 e. The summed E-state index contributed by atoms with van der Waals surface area (Å²) in [7, 11) is 0. The molecule has 0 saturated heterocycles. The van der Waals surface area contributed by atoms with Gasteiger partial charge in [-0.05, 0) is 11.6 Å². The zero-order valence-corrected chi connectivity index (χ0v) is 10.5. The van der Waals surface area contributed by atoms with Crippen molar-refractivity contribution < 1.29 is 0 Å². The largest absolute Gasteiger partial charge is 0.366 e. The molecule has 5 heteroatoms. The Balaban J connectivity index is 2.08. The van der Waals surface area contributed by atoms with Gasteiger partial charge in [-0.1, -0.05) is 34.1 Å². The Hall–Kier alpha value is -1.93. The molecule has 1 aromatic carbocycles. The van der Waals surface area contributed by atoms with Crippen molar-refractivity contribution in [2.75, 3.05) is 5.32 Å². The first-order valence-electron chi connectivity index (χ1n) is 4.99. The molecule has 0 fully saturated rings. The van der Waals surface area contributed by atoms with Gasteiger partial charge in [-0.15, -0.1) is 0 Å². The zero-order valence-electron chi connectivity index (χ0n) is 8.89. The van der Waals surface area contributed by atoms with Crippen molar-refractivity contribution in [3.63, 3.8) is 0 Å². The molecule has 1 heterocycles. The van der Waals surface area contributed by atoms with Crippen molar-refractivity contribution in [3.05, 3.63) is 52.4 Å². The lowest BCUT2D eigenvalue weighted by Crippen LogP contribution is -2.02. The molecule has 0 saturated carbocycles. The summed E-state index contributed by atoms with van der Waals surface area (Å²) < 4.78 is 1.04. The molecule has 0 amide bonds. The minimum absolute atomic E-state index is 0.356. The summed E-state index contributed by atoms with van der Waals surface area (Å²) in [4.78, 5) is 7.85. The van der Waals surface area contributed by atoms with E-state index in [1.165, 1.54) is 6.33 Å². The third-order valence-corrected chi connectivity index (χ3v) is 2.97. The smallest absolute Gasteiger partial charge is 0.145 e. The van der Waals surface area contributed by atoms with Crippen LogP contribution in [0.2, 0.25) is 0 Å². The van der Waals surface area contributed by atoms with Crippen LogP contribution in [0, 0.1) is 11.3 Å². The van der Waals surface area contributed by atoms with Crippen LogP contribution >= 0.6 is 15.9 Å². The Morgan fingerprint density at radius 3 is 2.88 bits per heavy atom. The van der Waals surface area contributed by atoms with Crippen LogP contribution in [-0.2, 0) is 6.54 Å². The first-order chi connectivity index (χ1) is 8.29. The van der Waals surface area contributed by atoms with Crippen molar-refractivity contribution in [2.45, 2.75) is 6.54 Å². The first-order valence-corrected chi connectivity index (χ1v) is 5.78. The highest BCUT2D eigenvalue weighted by Gasteiger charge is 2.00. The van der Waals surface area contributed by atoms with Crippen LogP contribution in [0.5, 0.6) is 0 Å². The highest BCUT2D eigenvalue weighted by molar-refractivity contribution is 9.10. The number of nitrogens with zero attached hydrogens (tertiary/aromatic N) is 3. The summed E-state index contributed by atoms with van der Waals surface area (Å²) in [5.41, 5.74) is 1.49. The molecule has 0 aliphatic carbocycles. The van der Waals surface area contributed by atoms with Gasteiger partial charge in [0.05, 0.1) is 0 Å². The van der Waals surface area contributed by atoms with E-state index in [0.717, 1.165) is 10.0 Å². The summed E-state index contributed by atoms with van der Waals surface area (Å²) in [5, 5.41) is 11.9. The topological polar surface area (TPSA) is 61.6 Å². The first kappa shape index (κ1) is 11.6. The number of aromatic nitrogens is 2. The highest BCUT2D eigenvalue weighted by Crippen LogP contribution is 2.16. The molecule has 17 heavy (non-hydrogen) atoms. The maximum absolute atomic E-state index is 8.72. The van der Waals surface area contributed by atoms with Gasteiger partial charge in [0.25, 0.3) is 0 Å². The lowest BCUT2D eigenvalue weighted by atomic mass is 10.2. The fraction of sp³-hybridized carbons (Fsp3) is 0.0833. The molecule has 2 rings (SSSR count). The minimum atomic E-state index is 0.356. The predicted octanol–water partition coefficient (Wildman–Crippen LogP) is 2.72. The second-order valence-corrected chi connectivity index (χ2v) is 4.20. The van der Waals surface area contributed by atoms with E-state index >= 15 is 0 Å². The van der Waals surface area contributed by atoms with Crippen molar-refractivity contribution in [2.24, 2.45) is 0 Å². The summed E-state index contributed by atoms with van der Waals surface area (Å²) in [6, 6.07) is 11.5. The molecule has 1 N–H and O–H groups in total. The van der Waals surface area contributed by atoms with E-state index in [9.17, 15) is 0 Å². The van der Waals surface area contributed by atoms with Crippen LogP contribution in [-0.4, -0.2) is 9.97 Å². The quantitative estimate of drug-likeness (QED) is 0.943. The fourth-order valence-electron chi connectivity index (χ4n) is 1.34. The number of benzene rings is 1. The maximum atomic E-state index is 8.72. The summed E-state index contributed by atoms with van der Waals surface area (Å²) in [6.45, 7) is 0.642. The van der Waals surface area contributed by atoms with Crippen LogP contribution in [0.15, 0.2) is 41.1 Å². The zero-order chi connectivity index (χ0) is 12.1. The van der Waals surface area contributed by atoms with Gasteiger partial charge < -0.3 is 5.32 Å². The normalized spacial score (nSPS) is 9.65. The van der Waals surface area contributed by atoms with E-state index in [1.54, 1.807) is 6.07 Å². The number of hydrogen-bond donors (Lipinski definition) is 1. The fourth-order valence-corrected chi connectivity index (χ4v) is 1.77. The van der Waals surface area contributed by atoms with Crippen molar-refractivity contribution >= 4 is 21.7 Å². The van der Waals surface area contributed by atoms with Gasteiger partial charge in [-0.25, -0.2) is 9.97 Å². The van der Waals surface area contributed by atoms with Gasteiger partial charge in [0.1, 0.15) is 23.9 Å². The molecule has 0 bridgehead atoms. The molecular weight excluding hydrogens is 280 g/mol. The Bertz CT molecular complexity index is 562.